The first-order valence-electron chi connectivity index (χ1n) is 6.67. The van der Waals surface area contributed by atoms with E-state index >= 15 is 0 Å². The summed E-state index contributed by atoms with van der Waals surface area (Å²) in [5, 5.41) is 6.63. The number of nitrogens with zero attached hydrogens (tertiary/aromatic N) is 3. The van der Waals surface area contributed by atoms with Gasteiger partial charge in [-0.25, -0.2) is 8.78 Å². The fourth-order valence-electron chi connectivity index (χ4n) is 2.41. The molecular formula is C15H12F2N4O. The zero-order valence-corrected chi connectivity index (χ0v) is 11.5. The Morgan fingerprint density at radius 1 is 1.27 bits per heavy atom. The van der Waals surface area contributed by atoms with Crippen LogP contribution in [0, 0.1) is 11.6 Å². The van der Waals surface area contributed by atoms with Gasteiger partial charge in [-0.15, -0.1) is 0 Å². The molecule has 0 bridgehead atoms. The lowest BCUT2D eigenvalue weighted by atomic mass is 10.0. The summed E-state index contributed by atoms with van der Waals surface area (Å²) in [6, 6.07) is 8.38. The van der Waals surface area contributed by atoms with Crippen molar-refractivity contribution >= 4 is 5.69 Å². The molecule has 0 aliphatic carbocycles. The van der Waals surface area contributed by atoms with E-state index < -0.39 is 11.6 Å². The van der Waals surface area contributed by atoms with Crippen molar-refractivity contribution in [3.8, 4) is 16.9 Å². The van der Waals surface area contributed by atoms with Gasteiger partial charge in [-0.2, -0.15) is 0 Å². The van der Waals surface area contributed by atoms with Gasteiger partial charge in [0.15, 0.2) is 0 Å². The van der Waals surface area contributed by atoms with Crippen molar-refractivity contribution < 1.29 is 13.5 Å². The van der Waals surface area contributed by atoms with Crippen LogP contribution in [-0.2, 0) is 0 Å². The van der Waals surface area contributed by atoms with E-state index in [4.69, 9.17) is 10.3 Å². The van der Waals surface area contributed by atoms with Crippen molar-refractivity contribution in [2.24, 2.45) is 5.11 Å². The van der Waals surface area contributed by atoms with Crippen LogP contribution in [0.15, 0.2) is 41.5 Å². The molecule has 2 aromatic rings. The van der Waals surface area contributed by atoms with Crippen molar-refractivity contribution in [3.63, 3.8) is 0 Å². The van der Waals surface area contributed by atoms with E-state index in [0.29, 0.717) is 17.0 Å². The smallest absolute Gasteiger partial charge is 0.146 e. The molecule has 0 saturated heterocycles. The molecule has 1 atom stereocenters. The van der Waals surface area contributed by atoms with Crippen molar-refractivity contribution in [1.29, 1.82) is 0 Å². The summed E-state index contributed by atoms with van der Waals surface area (Å²) in [6.07, 6.45) is 0. The molecule has 0 amide bonds. The number of hydrogen-bond acceptors (Lipinski definition) is 3. The average Bonchev–Trinajstić information content (AvgIpc) is 2.53. The fourth-order valence-corrected chi connectivity index (χ4v) is 2.41. The van der Waals surface area contributed by atoms with Gasteiger partial charge in [0.2, 0.25) is 0 Å². The summed E-state index contributed by atoms with van der Waals surface area (Å²) >= 11 is 0. The first-order chi connectivity index (χ1) is 10.7. The SMILES string of the molecule is [N-]=[N+]=NCC1COc2cc(F)cc(-c3ccccc3F)c2N1. The number of nitrogens with one attached hydrogen (secondary N) is 1. The molecule has 0 fully saturated rings. The third-order valence-corrected chi connectivity index (χ3v) is 3.38. The van der Waals surface area contributed by atoms with Crippen LogP contribution < -0.4 is 10.1 Å². The van der Waals surface area contributed by atoms with E-state index in [-0.39, 0.29) is 24.8 Å². The second kappa shape index (κ2) is 5.91. The number of azide groups is 1. The predicted molar refractivity (Wildman–Crippen MR) is 78.7 cm³/mol. The fraction of sp³-hybridized carbons (Fsp3) is 0.200. The van der Waals surface area contributed by atoms with Gasteiger partial charge in [0.25, 0.3) is 0 Å². The quantitative estimate of drug-likeness (QED) is 0.526. The maximum absolute atomic E-state index is 14.0. The Hall–Kier alpha value is -2.79. The molecule has 1 N–H and O–H groups in total. The highest BCUT2D eigenvalue weighted by molar-refractivity contribution is 5.83. The van der Waals surface area contributed by atoms with Crippen LogP contribution in [0.2, 0.25) is 0 Å². The van der Waals surface area contributed by atoms with Crippen LogP contribution >= 0.6 is 0 Å². The average molecular weight is 302 g/mol. The number of ether oxygens (including phenoxy) is 1. The molecule has 1 heterocycles. The van der Waals surface area contributed by atoms with E-state index in [2.05, 4.69) is 15.3 Å². The highest BCUT2D eigenvalue weighted by Crippen LogP contribution is 2.40. The van der Waals surface area contributed by atoms with E-state index in [0.717, 1.165) is 0 Å². The van der Waals surface area contributed by atoms with Crippen molar-refractivity contribution in [2.45, 2.75) is 6.04 Å². The molecular weight excluding hydrogens is 290 g/mol. The van der Waals surface area contributed by atoms with Gasteiger partial charge >= 0.3 is 0 Å². The van der Waals surface area contributed by atoms with Gasteiger partial charge in [0.1, 0.15) is 24.0 Å². The minimum absolute atomic E-state index is 0.185. The van der Waals surface area contributed by atoms with Crippen molar-refractivity contribution in [3.05, 3.63) is 58.5 Å². The highest BCUT2D eigenvalue weighted by Gasteiger charge is 2.23. The molecule has 5 nitrogen and oxygen atoms in total. The zero-order valence-electron chi connectivity index (χ0n) is 11.5. The van der Waals surface area contributed by atoms with Crippen LogP contribution in [0.3, 0.4) is 0 Å². The Bertz CT molecular complexity index is 759. The van der Waals surface area contributed by atoms with Crippen LogP contribution in [0.1, 0.15) is 0 Å². The Morgan fingerprint density at radius 3 is 2.86 bits per heavy atom. The second-order valence-electron chi connectivity index (χ2n) is 4.87. The normalized spacial score (nSPS) is 16.0. The second-order valence-corrected chi connectivity index (χ2v) is 4.87. The summed E-state index contributed by atoms with van der Waals surface area (Å²) in [5.41, 5.74) is 9.53. The number of fused-ring (bicyclic) bond motifs is 1. The third kappa shape index (κ3) is 2.66. The number of anilines is 1. The largest absolute Gasteiger partial charge is 0.489 e. The summed E-state index contributed by atoms with van der Waals surface area (Å²) in [7, 11) is 0. The number of hydrogen-bond donors (Lipinski definition) is 1. The lowest BCUT2D eigenvalue weighted by molar-refractivity contribution is 0.285. The van der Waals surface area contributed by atoms with Gasteiger partial charge in [-0.1, -0.05) is 23.3 Å². The molecule has 112 valence electrons. The Labute approximate surface area is 125 Å². The molecule has 0 saturated carbocycles. The van der Waals surface area contributed by atoms with Crippen LogP contribution in [0.4, 0.5) is 14.5 Å². The molecule has 0 aromatic heterocycles. The lowest BCUT2D eigenvalue weighted by Gasteiger charge is -2.28. The topological polar surface area (TPSA) is 70.0 Å². The summed E-state index contributed by atoms with van der Waals surface area (Å²) in [5.74, 6) is -0.642. The van der Waals surface area contributed by atoms with Gasteiger partial charge < -0.3 is 10.1 Å². The van der Waals surface area contributed by atoms with Crippen molar-refractivity contribution in [2.75, 3.05) is 18.5 Å². The molecule has 1 aliphatic rings. The van der Waals surface area contributed by atoms with E-state index in [1.807, 2.05) is 0 Å². The zero-order chi connectivity index (χ0) is 15.5. The Morgan fingerprint density at radius 2 is 2.09 bits per heavy atom. The molecule has 2 aromatic carbocycles. The molecule has 0 radical (unpaired) electrons. The van der Waals surface area contributed by atoms with Crippen LogP contribution in [-0.4, -0.2) is 19.2 Å². The molecule has 7 heteroatoms. The molecule has 0 spiro atoms. The first kappa shape index (κ1) is 14.2. The van der Waals surface area contributed by atoms with Gasteiger partial charge in [-0.3, -0.25) is 0 Å². The molecule has 1 aliphatic heterocycles. The molecule has 1 unspecified atom stereocenters. The van der Waals surface area contributed by atoms with E-state index in [1.54, 1.807) is 18.2 Å². The molecule has 22 heavy (non-hydrogen) atoms. The monoisotopic (exact) mass is 302 g/mol. The Kier molecular flexibility index (Phi) is 3.80. The van der Waals surface area contributed by atoms with Gasteiger partial charge in [0, 0.05) is 28.6 Å². The highest BCUT2D eigenvalue weighted by atomic mass is 19.1. The maximum Gasteiger partial charge on any atom is 0.146 e. The lowest BCUT2D eigenvalue weighted by Crippen LogP contribution is -2.34. The first-order valence-corrected chi connectivity index (χ1v) is 6.67. The van der Waals surface area contributed by atoms with Crippen molar-refractivity contribution in [1.82, 2.24) is 0 Å². The number of rotatable bonds is 3. The Balaban J connectivity index is 2.07. The number of halogens is 2. The third-order valence-electron chi connectivity index (χ3n) is 3.38. The number of benzene rings is 2. The van der Waals surface area contributed by atoms with Crippen LogP contribution in [0.5, 0.6) is 5.75 Å². The summed E-state index contributed by atoms with van der Waals surface area (Å²) in [6.45, 7) is 0.427. The minimum Gasteiger partial charge on any atom is -0.489 e. The maximum atomic E-state index is 14.0. The summed E-state index contributed by atoms with van der Waals surface area (Å²) < 4.78 is 33.3. The predicted octanol–water partition coefficient (Wildman–Crippen LogP) is 4.12. The summed E-state index contributed by atoms with van der Waals surface area (Å²) in [4.78, 5) is 2.70. The van der Waals surface area contributed by atoms with Gasteiger partial charge in [0.05, 0.1) is 11.7 Å². The van der Waals surface area contributed by atoms with Gasteiger partial charge in [-0.05, 0) is 17.7 Å². The molecule has 3 rings (SSSR count). The van der Waals surface area contributed by atoms with E-state index in [1.165, 1.54) is 18.2 Å². The standard InChI is InChI=1S/C15H12F2N4O/c16-9-5-12(11-3-1-2-4-13(11)17)15-14(6-9)22-8-10(20-15)7-19-21-18/h1-6,10,20H,7-8H2. The minimum atomic E-state index is -0.507. The van der Waals surface area contributed by atoms with Crippen LogP contribution in [0.25, 0.3) is 21.6 Å². The van der Waals surface area contributed by atoms with E-state index in [9.17, 15) is 8.78 Å².